The maximum atomic E-state index is 12.8. The van der Waals surface area contributed by atoms with Gasteiger partial charge in [-0.15, -0.1) is 0 Å². The molecule has 0 bridgehead atoms. The first-order valence-corrected chi connectivity index (χ1v) is 11.5. The summed E-state index contributed by atoms with van der Waals surface area (Å²) in [5.74, 6) is -0.336. The maximum Gasteiger partial charge on any atom is 0.244 e. The van der Waals surface area contributed by atoms with Crippen molar-refractivity contribution in [1.82, 2.24) is 5.32 Å². The van der Waals surface area contributed by atoms with Gasteiger partial charge in [0.25, 0.3) is 0 Å². The van der Waals surface area contributed by atoms with E-state index in [-0.39, 0.29) is 11.9 Å². The van der Waals surface area contributed by atoms with Crippen LogP contribution in [0.5, 0.6) is 0 Å². The Labute approximate surface area is 168 Å². The van der Waals surface area contributed by atoms with E-state index in [4.69, 9.17) is 0 Å². The summed E-state index contributed by atoms with van der Waals surface area (Å²) < 4.78 is 26.0. The van der Waals surface area contributed by atoms with Crippen LogP contribution in [0.3, 0.4) is 0 Å². The van der Waals surface area contributed by atoms with Crippen molar-refractivity contribution in [3.8, 4) is 0 Å². The van der Waals surface area contributed by atoms with Crippen LogP contribution in [-0.4, -0.2) is 26.6 Å². The normalized spacial score (nSPS) is 13.6. The second-order valence-electron chi connectivity index (χ2n) is 7.08. The fourth-order valence-electron chi connectivity index (χ4n) is 3.15. The number of hydrogen-bond acceptors (Lipinski definition) is 3. The van der Waals surface area contributed by atoms with Crippen LogP contribution in [0.25, 0.3) is 0 Å². The van der Waals surface area contributed by atoms with E-state index in [1.54, 1.807) is 19.1 Å². The lowest BCUT2D eigenvalue weighted by Crippen LogP contribution is -2.48. The van der Waals surface area contributed by atoms with Crippen LogP contribution in [0, 0.1) is 0 Å². The molecule has 2 aromatic carbocycles. The Balaban J connectivity index is 2.20. The van der Waals surface area contributed by atoms with Crippen molar-refractivity contribution in [2.75, 3.05) is 10.6 Å². The number of amides is 1. The predicted molar refractivity (Wildman–Crippen MR) is 115 cm³/mol. The number of sulfonamides is 1. The summed E-state index contributed by atoms with van der Waals surface area (Å²) in [6.45, 7) is 7.63. The number of anilines is 1. The van der Waals surface area contributed by atoms with Gasteiger partial charge in [-0.25, -0.2) is 8.42 Å². The third-order valence-corrected chi connectivity index (χ3v) is 6.18. The molecule has 0 radical (unpaired) electrons. The summed E-state index contributed by atoms with van der Waals surface area (Å²) in [6.07, 6.45) is 2.94. The summed E-state index contributed by atoms with van der Waals surface area (Å²) in [6, 6.07) is 14.3. The molecule has 2 rings (SSSR count). The molecule has 0 aliphatic carbocycles. The van der Waals surface area contributed by atoms with Gasteiger partial charge < -0.3 is 5.32 Å². The summed E-state index contributed by atoms with van der Waals surface area (Å²) in [4.78, 5) is 12.8. The first-order valence-electron chi connectivity index (χ1n) is 9.64. The van der Waals surface area contributed by atoms with Gasteiger partial charge in [-0.1, -0.05) is 50.2 Å². The summed E-state index contributed by atoms with van der Waals surface area (Å²) in [5, 5.41) is 2.93. The molecule has 0 aliphatic heterocycles. The average molecular weight is 403 g/mol. The van der Waals surface area contributed by atoms with Gasteiger partial charge in [-0.3, -0.25) is 9.10 Å². The molecule has 6 heteroatoms. The van der Waals surface area contributed by atoms with Crippen molar-refractivity contribution >= 4 is 21.6 Å². The molecule has 1 N–H and O–H groups in total. The van der Waals surface area contributed by atoms with Crippen LogP contribution in [0.15, 0.2) is 48.5 Å². The van der Waals surface area contributed by atoms with Gasteiger partial charge in [0, 0.05) is 0 Å². The fraction of sp³-hybridized carbons (Fsp3) is 0.409. The smallest absolute Gasteiger partial charge is 0.244 e. The zero-order valence-electron chi connectivity index (χ0n) is 17.3. The molecule has 152 valence electrons. The number of nitrogens with one attached hydrogen (secondary N) is 1. The van der Waals surface area contributed by atoms with Gasteiger partial charge in [-0.2, -0.15) is 0 Å². The van der Waals surface area contributed by atoms with Gasteiger partial charge >= 0.3 is 0 Å². The molecule has 2 atom stereocenters. The quantitative estimate of drug-likeness (QED) is 0.729. The van der Waals surface area contributed by atoms with Crippen molar-refractivity contribution in [3.63, 3.8) is 0 Å². The zero-order valence-corrected chi connectivity index (χ0v) is 18.1. The molecular formula is C22H30N2O3S. The molecule has 2 unspecified atom stereocenters. The number of nitrogens with zero attached hydrogens (tertiary/aromatic N) is 1. The Morgan fingerprint density at radius 3 is 1.82 bits per heavy atom. The molecule has 1 amide bonds. The monoisotopic (exact) mass is 402 g/mol. The highest BCUT2D eigenvalue weighted by atomic mass is 32.2. The molecule has 28 heavy (non-hydrogen) atoms. The molecule has 0 saturated heterocycles. The lowest BCUT2D eigenvalue weighted by Gasteiger charge is -2.29. The van der Waals surface area contributed by atoms with Crippen LogP contribution < -0.4 is 9.62 Å². The average Bonchev–Trinajstić information content (AvgIpc) is 2.67. The van der Waals surface area contributed by atoms with Crippen LogP contribution >= 0.6 is 0 Å². The minimum Gasteiger partial charge on any atom is -0.348 e. The van der Waals surface area contributed by atoms with E-state index in [0.717, 1.165) is 30.2 Å². The summed E-state index contributed by atoms with van der Waals surface area (Å²) >= 11 is 0. The minimum atomic E-state index is -3.62. The second-order valence-corrected chi connectivity index (χ2v) is 8.94. The van der Waals surface area contributed by atoms with E-state index >= 15 is 0 Å². The summed E-state index contributed by atoms with van der Waals surface area (Å²) in [5.41, 5.74) is 3.81. The van der Waals surface area contributed by atoms with Crippen molar-refractivity contribution in [2.24, 2.45) is 0 Å². The fourth-order valence-corrected chi connectivity index (χ4v) is 4.32. The highest BCUT2D eigenvalue weighted by Gasteiger charge is 2.29. The van der Waals surface area contributed by atoms with Gasteiger partial charge in [0.1, 0.15) is 6.04 Å². The Morgan fingerprint density at radius 1 is 0.929 bits per heavy atom. The van der Waals surface area contributed by atoms with E-state index in [1.165, 1.54) is 9.87 Å². The Morgan fingerprint density at radius 2 is 1.39 bits per heavy atom. The van der Waals surface area contributed by atoms with Crippen molar-refractivity contribution in [3.05, 3.63) is 65.2 Å². The number of hydrogen-bond donors (Lipinski definition) is 1. The number of aryl methyl sites for hydroxylation is 2. The lowest BCUT2D eigenvalue weighted by molar-refractivity contribution is -0.122. The zero-order chi connectivity index (χ0) is 20.9. The van der Waals surface area contributed by atoms with Crippen molar-refractivity contribution in [1.29, 1.82) is 0 Å². The Kier molecular flexibility index (Phi) is 7.24. The van der Waals surface area contributed by atoms with Crippen LogP contribution in [-0.2, 0) is 27.7 Å². The minimum absolute atomic E-state index is 0.218. The van der Waals surface area contributed by atoms with E-state index < -0.39 is 16.1 Å². The molecule has 5 nitrogen and oxygen atoms in total. The molecule has 0 aliphatic rings. The largest absolute Gasteiger partial charge is 0.348 e. The van der Waals surface area contributed by atoms with E-state index in [9.17, 15) is 13.2 Å². The van der Waals surface area contributed by atoms with Gasteiger partial charge in [0.2, 0.25) is 15.9 Å². The van der Waals surface area contributed by atoms with Crippen molar-refractivity contribution < 1.29 is 13.2 Å². The van der Waals surface area contributed by atoms with Crippen molar-refractivity contribution in [2.45, 2.75) is 52.6 Å². The van der Waals surface area contributed by atoms with Crippen LogP contribution in [0.4, 0.5) is 5.69 Å². The first-order chi connectivity index (χ1) is 13.2. The van der Waals surface area contributed by atoms with Gasteiger partial charge in [-0.05, 0) is 55.5 Å². The van der Waals surface area contributed by atoms with E-state index in [2.05, 4.69) is 12.2 Å². The van der Waals surface area contributed by atoms with E-state index in [0.29, 0.717) is 5.69 Å². The number of carbonyl (C=O) groups excluding carboxylic acids is 1. The molecule has 0 saturated carbocycles. The van der Waals surface area contributed by atoms with Crippen LogP contribution in [0.1, 0.15) is 50.4 Å². The van der Waals surface area contributed by atoms with Crippen LogP contribution in [0.2, 0.25) is 0 Å². The van der Waals surface area contributed by atoms with Gasteiger partial charge in [0.05, 0.1) is 18.0 Å². The molecule has 0 aromatic heterocycles. The number of carbonyl (C=O) groups is 1. The van der Waals surface area contributed by atoms with Gasteiger partial charge in [0.15, 0.2) is 0 Å². The topological polar surface area (TPSA) is 66.5 Å². The number of benzene rings is 2. The Hall–Kier alpha value is -2.34. The molecular weight excluding hydrogens is 372 g/mol. The lowest BCUT2D eigenvalue weighted by atomic mass is 10.0. The highest BCUT2D eigenvalue weighted by molar-refractivity contribution is 7.92. The molecule has 0 spiro atoms. The molecule has 0 fully saturated rings. The molecule has 0 heterocycles. The third kappa shape index (κ3) is 5.35. The first kappa shape index (κ1) is 22.0. The molecule has 2 aromatic rings. The Bertz CT molecular complexity index is 890. The van der Waals surface area contributed by atoms with E-state index in [1.807, 2.05) is 50.2 Å². The predicted octanol–water partition coefficient (Wildman–Crippen LogP) is 3.84. The second kappa shape index (κ2) is 9.24. The summed E-state index contributed by atoms with van der Waals surface area (Å²) in [7, 11) is -3.62. The maximum absolute atomic E-state index is 12.8. The standard InChI is InChI=1S/C22H30N2O3S/c1-6-18-8-12-20(13-9-18)16(3)23-22(25)17(4)24(28(5,26)27)21-14-10-19(7-2)11-15-21/h8-17H,6-7H2,1-5H3,(H,23,25). The third-order valence-electron chi connectivity index (χ3n) is 4.93. The SMILES string of the molecule is CCc1ccc(C(C)NC(=O)C(C)N(c2ccc(CC)cc2)S(C)(=O)=O)cc1. The number of rotatable bonds is 8. The highest BCUT2D eigenvalue weighted by Crippen LogP contribution is 2.22.